The molecule has 1 unspecified atom stereocenters. The Hall–Kier alpha value is -1.38. The Balaban J connectivity index is 2.91. The average Bonchev–Trinajstić information content (AvgIpc) is 2.28. The number of aromatic nitrogens is 1. The van der Waals surface area contributed by atoms with Crippen LogP contribution in [0, 0.1) is 5.41 Å². The van der Waals surface area contributed by atoms with Crippen molar-refractivity contribution in [2.75, 3.05) is 5.32 Å². The van der Waals surface area contributed by atoms with Crippen LogP contribution >= 0.6 is 0 Å². The minimum absolute atomic E-state index is 0.392. The van der Waals surface area contributed by atoms with Crippen LogP contribution in [0.4, 0.5) is 5.82 Å². The van der Waals surface area contributed by atoms with Crippen LogP contribution in [0.25, 0.3) is 0 Å². The zero-order chi connectivity index (χ0) is 11.3. The van der Waals surface area contributed by atoms with E-state index >= 15 is 0 Å². The first-order valence-electron chi connectivity index (χ1n) is 5.48. The Kier molecular flexibility index (Phi) is 4.28. The first kappa shape index (κ1) is 11.7. The molecule has 0 aliphatic carbocycles. The molecule has 82 valence electrons. The SMILES string of the molecule is CCC(=N)c1cccnc1NC(C)CC. The molecule has 1 atom stereocenters. The van der Waals surface area contributed by atoms with E-state index in [1.165, 1.54) is 0 Å². The van der Waals surface area contributed by atoms with Gasteiger partial charge in [-0.25, -0.2) is 4.98 Å². The summed E-state index contributed by atoms with van der Waals surface area (Å²) in [6.07, 6.45) is 3.55. The molecule has 15 heavy (non-hydrogen) atoms. The lowest BCUT2D eigenvalue weighted by Crippen LogP contribution is -2.17. The third-order valence-electron chi connectivity index (χ3n) is 2.48. The quantitative estimate of drug-likeness (QED) is 0.726. The first-order chi connectivity index (χ1) is 7.19. The summed E-state index contributed by atoms with van der Waals surface area (Å²) in [6.45, 7) is 6.24. The maximum absolute atomic E-state index is 7.84. The Morgan fingerprint density at radius 3 is 2.87 bits per heavy atom. The fourth-order valence-corrected chi connectivity index (χ4v) is 1.29. The maximum atomic E-state index is 7.84. The molecule has 0 spiro atoms. The average molecular weight is 205 g/mol. The van der Waals surface area contributed by atoms with Crippen LogP contribution in [0.5, 0.6) is 0 Å². The van der Waals surface area contributed by atoms with Gasteiger partial charge in [-0.1, -0.05) is 13.8 Å². The second-order valence-corrected chi connectivity index (χ2v) is 3.69. The third-order valence-corrected chi connectivity index (χ3v) is 2.48. The van der Waals surface area contributed by atoms with Crippen molar-refractivity contribution in [3.05, 3.63) is 23.9 Å². The summed E-state index contributed by atoms with van der Waals surface area (Å²) >= 11 is 0. The number of hydrogen-bond acceptors (Lipinski definition) is 3. The van der Waals surface area contributed by atoms with Crippen molar-refractivity contribution in [3.8, 4) is 0 Å². The van der Waals surface area contributed by atoms with Gasteiger partial charge < -0.3 is 10.7 Å². The zero-order valence-corrected chi connectivity index (χ0v) is 9.67. The molecule has 0 aliphatic heterocycles. The monoisotopic (exact) mass is 205 g/mol. The van der Waals surface area contributed by atoms with Gasteiger partial charge >= 0.3 is 0 Å². The highest BCUT2D eigenvalue weighted by molar-refractivity contribution is 6.02. The van der Waals surface area contributed by atoms with Crippen LogP contribution in [-0.2, 0) is 0 Å². The summed E-state index contributed by atoms with van der Waals surface area (Å²) in [5.74, 6) is 0.832. The van der Waals surface area contributed by atoms with Crippen LogP contribution in [0.3, 0.4) is 0 Å². The second kappa shape index (κ2) is 5.49. The van der Waals surface area contributed by atoms with Crippen LogP contribution in [0.15, 0.2) is 18.3 Å². The molecule has 1 heterocycles. The molecular weight excluding hydrogens is 186 g/mol. The van der Waals surface area contributed by atoms with E-state index in [0.717, 1.165) is 24.2 Å². The van der Waals surface area contributed by atoms with Crippen molar-refractivity contribution < 1.29 is 0 Å². The maximum Gasteiger partial charge on any atom is 0.135 e. The lowest BCUT2D eigenvalue weighted by Gasteiger charge is -2.15. The Bertz CT molecular complexity index is 333. The molecule has 3 nitrogen and oxygen atoms in total. The third kappa shape index (κ3) is 3.05. The van der Waals surface area contributed by atoms with Gasteiger partial charge in [0.25, 0.3) is 0 Å². The standard InChI is InChI=1S/C12H19N3/c1-4-9(3)15-12-10(11(13)5-2)7-6-8-14-12/h6-9,13H,4-5H2,1-3H3,(H,14,15). The lowest BCUT2D eigenvalue weighted by atomic mass is 10.1. The van der Waals surface area contributed by atoms with Crippen molar-refractivity contribution in [2.45, 2.75) is 39.7 Å². The molecule has 0 radical (unpaired) electrons. The number of anilines is 1. The summed E-state index contributed by atoms with van der Waals surface area (Å²) in [5.41, 5.74) is 1.55. The molecule has 0 aromatic carbocycles. The smallest absolute Gasteiger partial charge is 0.135 e. The van der Waals surface area contributed by atoms with Crippen molar-refractivity contribution in [1.82, 2.24) is 4.98 Å². The van der Waals surface area contributed by atoms with E-state index in [0.29, 0.717) is 11.8 Å². The number of hydrogen-bond donors (Lipinski definition) is 2. The van der Waals surface area contributed by atoms with E-state index in [1.54, 1.807) is 6.20 Å². The zero-order valence-electron chi connectivity index (χ0n) is 9.67. The molecule has 0 bridgehead atoms. The van der Waals surface area contributed by atoms with Gasteiger partial charge in [0.2, 0.25) is 0 Å². The minimum Gasteiger partial charge on any atom is -0.367 e. The fourth-order valence-electron chi connectivity index (χ4n) is 1.29. The number of nitrogens with one attached hydrogen (secondary N) is 2. The van der Waals surface area contributed by atoms with Gasteiger partial charge in [-0.05, 0) is 31.9 Å². The predicted octanol–water partition coefficient (Wildman–Crippen LogP) is 3.07. The van der Waals surface area contributed by atoms with Crippen molar-refractivity contribution >= 4 is 11.5 Å². The molecule has 3 heteroatoms. The minimum atomic E-state index is 0.392. The van der Waals surface area contributed by atoms with Gasteiger partial charge in [0.05, 0.1) is 0 Å². The van der Waals surface area contributed by atoms with E-state index in [1.807, 2.05) is 19.1 Å². The summed E-state index contributed by atoms with van der Waals surface area (Å²) in [5, 5.41) is 11.2. The number of nitrogens with zero attached hydrogens (tertiary/aromatic N) is 1. The molecule has 0 aliphatic rings. The van der Waals surface area contributed by atoms with E-state index < -0.39 is 0 Å². The van der Waals surface area contributed by atoms with Crippen LogP contribution in [0.2, 0.25) is 0 Å². The van der Waals surface area contributed by atoms with Crippen molar-refractivity contribution in [2.24, 2.45) is 0 Å². The summed E-state index contributed by atoms with van der Waals surface area (Å²) in [6, 6.07) is 4.22. The Labute approximate surface area is 91.4 Å². The molecule has 0 amide bonds. The molecule has 0 saturated carbocycles. The first-order valence-corrected chi connectivity index (χ1v) is 5.48. The van der Waals surface area contributed by atoms with Gasteiger partial charge in [0.1, 0.15) is 5.82 Å². The van der Waals surface area contributed by atoms with E-state index in [2.05, 4.69) is 24.1 Å². The lowest BCUT2D eigenvalue weighted by molar-refractivity contribution is 0.759. The largest absolute Gasteiger partial charge is 0.367 e. The van der Waals surface area contributed by atoms with Gasteiger partial charge in [0.15, 0.2) is 0 Å². The van der Waals surface area contributed by atoms with Gasteiger partial charge in [-0.3, -0.25) is 0 Å². The molecular formula is C12H19N3. The topological polar surface area (TPSA) is 48.8 Å². The van der Waals surface area contributed by atoms with Crippen LogP contribution in [0.1, 0.15) is 39.2 Å². The van der Waals surface area contributed by atoms with Crippen LogP contribution < -0.4 is 5.32 Å². The Morgan fingerprint density at radius 1 is 1.53 bits per heavy atom. The van der Waals surface area contributed by atoms with Crippen molar-refractivity contribution in [3.63, 3.8) is 0 Å². The summed E-state index contributed by atoms with van der Waals surface area (Å²) < 4.78 is 0. The number of rotatable bonds is 5. The highest BCUT2D eigenvalue weighted by Gasteiger charge is 2.08. The van der Waals surface area contributed by atoms with Gasteiger partial charge in [-0.15, -0.1) is 0 Å². The Morgan fingerprint density at radius 2 is 2.27 bits per heavy atom. The molecule has 1 aromatic rings. The molecule has 1 aromatic heterocycles. The molecule has 0 saturated heterocycles. The van der Waals surface area contributed by atoms with Crippen molar-refractivity contribution in [1.29, 1.82) is 5.41 Å². The van der Waals surface area contributed by atoms with E-state index in [-0.39, 0.29) is 0 Å². The second-order valence-electron chi connectivity index (χ2n) is 3.69. The molecule has 2 N–H and O–H groups in total. The normalized spacial score (nSPS) is 12.2. The van der Waals surface area contributed by atoms with Gasteiger partial charge in [-0.2, -0.15) is 0 Å². The highest BCUT2D eigenvalue weighted by Crippen LogP contribution is 2.15. The fraction of sp³-hybridized carbons (Fsp3) is 0.500. The van der Waals surface area contributed by atoms with Crippen LogP contribution in [-0.4, -0.2) is 16.7 Å². The summed E-state index contributed by atoms with van der Waals surface area (Å²) in [4.78, 5) is 4.28. The van der Waals surface area contributed by atoms with E-state index in [9.17, 15) is 0 Å². The molecule has 0 fully saturated rings. The summed E-state index contributed by atoms with van der Waals surface area (Å²) in [7, 11) is 0. The predicted molar refractivity (Wildman–Crippen MR) is 64.7 cm³/mol. The molecule has 1 rings (SSSR count). The van der Waals surface area contributed by atoms with Gasteiger partial charge in [0, 0.05) is 23.5 Å². The van der Waals surface area contributed by atoms with E-state index in [4.69, 9.17) is 5.41 Å². The number of pyridine rings is 1. The highest BCUT2D eigenvalue weighted by atomic mass is 15.0.